The first kappa shape index (κ1) is 13.4. The van der Waals surface area contributed by atoms with Gasteiger partial charge in [0.05, 0.1) is 0 Å². The summed E-state index contributed by atoms with van der Waals surface area (Å²) in [4.78, 5) is 13.9. The topological polar surface area (TPSA) is 110 Å². The molecule has 0 aliphatic rings. The first-order valence-electron chi connectivity index (χ1n) is 5.47. The Morgan fingerprint density at radius 1 is 1.53 bits per heavy atom. The molecule has 2 heterocycles. The highest BCUT2D eigenvalue weighted by Gasteiger charge is 2.19. The molecule has 0 saturated heterocycles. The second-order valence-corrected chi connectivity index (χ2v) is 5.85. The molecule has 0 bridgehead atoms. The average molecular weight is 282 g/mol. The van der Waals surface area contributed by atoms with Crippen molar-refractivity contribution in [3.63, 3.8) is 0 Å². The van der Waals surface area contributed by atoms with Crippen LogP contribution in [0.4, 0.5) is 0 Å². The third-order valence-electron chi connectivity index (χ3n) is 2.67. The second-order valence-electron chi connectivity index (χ2n) is 4.08. The van der Waals surface area contributed by atoms with E-state index in [-0.39, 0.29) is 17.1 Å². The van der Waals surface area contributed by atoms with Gasteiger partial charge in [-0.1, -0.05) is 0 Å². The summed E-state index contributed by atoms with van der Waals surface area (Å²) in [5.74, 6) is -0.672. The van der Waals surface area contributed by atoms with Crippen molar-refractivity contribution >= 4 is 15.9 Å². The Hall–Kier alpha value is -2.06. The Bertz CT molecular complexity index is 686. The molecule has 0 aromatic carbocycles. The van der Waals surface area contributed by atoms with E-state index < -0.39 is 15.9 Å². The van der Waals surface area contributed by atoms with E-state index in [2.05, 4.69) is 9.71 Å². The van der Waals surface area contributed by atoms with Crippen LogP contribution < -0.4 is 10.5 Å². The number of nitrogens with zero attached hydrogens (tertiary/aromatic N) is 1. The number of nitrogens with two attached hydrogens (primary N) is 1. The van der Waals surface area contributed by atoms with Crippen molar-refractivity contribution < 1.29 is 13.2 Å². The Balaban J connectivity index is 2.20. The van der Waals surface area contributed by atoms with Crippen LogP contribution in [0.5, 0.6) is 0 Å². The van der Waals surface area contributed by atoms with Crippen LogP contribution in [0, 0.1) is 0 Å². The van der Waals surface area contributed by atoms with Gasteiger partial charge in [0.15, 0.2) is 0 Å². The van der Waals surface area contributed by atoms with Gasteiger partial charge in [-0.2, -0.15) is 0 Å². The van der Waals surface area contributed by atoms with Gasteiger partial charge in [-0.3, -0.25) is 4.79 Å². The zero-order valence-electron chi connectivity index (χ0n) is 10.3. The van der Waals surface area contributed by atoms with E-state index in [9.17, 15) is 13.2 Å². The minimum absolute atomic E-state index is 0.0133. The summed E-state index contributed by atoms with van der Waals surface area (Å²) in [6.07, 6.45) is 4.75. The van der Waals surface area contributed by atoms with Gasteiger partial charge < -0.3 is 15.3 Å². The summed E-state index contributed by atoms with van der Waals surface area (Å²) in [7, 11) is -2.10. The van der Waals surface area contributed by atoms with Crippen molar-refractivity contribution in [1.82, 2.24) is 14.3 Å². The Morgan fingerprint density at radius 2 is 2.26 bits per heavy atom. The molecule has 0 radical (unpaired) electrons. The molecule has 4 N–H and O–H groups in total. The fourth-order valence-electron chi connectivity index (χ4n) is 1.66. The predicted octanol–water partition coefficient (Wildman–Crippen LogP) is -0.0694. The molecule has 7 nitrogen and oxygen atoms in total. The lowest BCUT2D eigenvalue weighted by atomic mass is 10.4. The van der Waals surface area contributed by atoms with E-state index in [1.165, 1.54) is 16.8 Å². The number of hydrogen-bond acceptors (Lipinski definition) is 3. The quantitative estimate of drug-likeness (QED) is 0.714. The van der Waals surface area contributed by atoms with Crippen LogP contribution in [0.2, 0.25) is 0 Å². The van der Waals surface area contributed by atoms with E-state index in [1.807, 2.05) is 0 Å². The van der Waals surface area contributed by atoms with Gasteiger partial charge in [0.25, 0.3) is 5.91 Å². The first-order chi connectivity index (χ1) is 8.90. The lowest BCUT2D eigenvalue weighted by Gasteiger charge is -2.02. The average Bonchev–Trinajstić information content (AvgIpc) is 2.95. The molecular weight excluding hydrogens is 268 g/mol. The largest absolute Gasteiger partial charge is 0.367 e. The smallest absolute Gasteiger partial charge is 0.265 e. The van der Waals surface area contributed by atoms with E-state index in [4.69, 9.17) is 5.73 Å². The molecule has 1 amide bonds. The number of H-pyrrole nitrogens is 1. The zero-order valence-corrected chi connectivity index (χ0v) is 11.1. The van der Waals surface area contributed by atoms with Crippen LogP contribution in [-0.4, -0.2) is 23.9 Å². The molecule has 8 heteroatoms. The monoisotopic (exact) mass is 282 g/mol. The fourth-order valence-corrected chi connectivity index (χ4v) is 2.74. The van der Waals surface area contributed by atoms with Crippen molar-refractivity contribution in [3.05, 3.63) is 42.0 Å². The molecule has 0 spiro atoms. The summed E-state index contributed by atoms with van der Waals surface area (Å²) < 4.78 is 27.9. The van der Waals surface area contributed by atoms with Crippen molar-refractivity contribution in [1.29, 1.82) is 0 Å². The minimum atomic E-state index is -3.66. The summed E-state index contributed by atoms with van der Waals surface area (Å²) in [5, 5.41) is 0. The number of sulfonamides is 1. The highest BCUT2D eigenvalue weighted by Crippen LogP contribution is 2.13. The van der Waals surface area contributed by atoms with E-state index in [0.29, 0.717) is 0 Å². The number of carbonyl (C=O) groups excluding carboxylic acids is 1. The fraction of sp³-hybridized carbons (Fsp3) is 0.182. The van der Waals surface area contributed by atoms with Gasteiger partial charge in [0.2, 0.25) is 10.0 Å². The SMILES string of the molecule is Cn1cc(S(=O)(=O)NCc2cc[nH]c2)cc1C(N)=O. The second kappa shape index (κ2) is 4.90. The number of aromatic amines is 1. The highest BCUT2D eigenvalue weighted by molar-refractivity contribution is 7.89. The van der Waals surface area contributed by atoms with Crippen LogP contribution in [0.15, 0.2) is 35.6 Å². The van der Waals surface area contributed by atoms with Gasteiger partial charge in [0.1, 0.15) is 10.6 Å². The Labute approximate surface area is 110 Å². The highest BCUT2D eigenvalue weighted by atomic mass is 32.2. The maximum Gasteiger partial charge on any atom is 0.265 e. The van der Waals surface area contributed by atoms with Crippen molar-refractivity contribution in [2.45, 2.75) is 11.4 Å². The summed E-state index contributed by atoms with van der Waals surface area (Å²) in [6, 6.07) is 3.02. The van der Waals surface area contributed by atoms with E-state index in [1.54, 1.807) is 25.5 Å². The lowest BCUT2D eigenvalue weighted by Crippen LogP contribution is -2.22. The number of nitrogens with one attached hydrogen (secondary N) is 2. The van der Waals surface area contributed by atoms with Crippen molar-refractivity contribution in [2.75, 3.05) is 0 Å². The Morgan fingerprint density at radius 3 is 2.79 bits per heavy atom. The molecule has 0 aliphatic heterocycles. The molecule has 19 heavy (non-hydrogen) atoms. The van der Waals surface area contributed by atoms with Crippen LogP contribution in [0.3, 0.4) is 0 Å². The third-order valence-corrected chi connectivity index (χ3v) is 4.04. The maximum absolute atomic E-state index is 12.0. The molecule has 0 saturated carbocycles. The van der Waals surface area contributed by atoms with Crippen molar-refractivity contribution in [3.8, 4) is 0 Å². The van der Waals surface area contributed by atoms with Gasteiger partial charge in [-0.15, -0.1) is 0 Å². The first-order valence-corrected chi connectivity index (χ1v) is 6.96. The minimum Gasteiger partial charge on any atom is -0.367 e. The number of primary amides is 1. The number of rotatable bonds is 5. The lowest BCUT2D eigenvalue weighted by molar-refractivity contribution is 0.0992. The molecule has 0 aliphatic carbocycles. The van der Waals surface area contributed by atoms with Crippen LogP contribution >= 0.6 is 0 Å². The summed E-state index contributed by atoms with van der Waals surface area (Å²) in [5.41, 5.74) is 6.10. The molecule has 2 rings (SSSR count). The number of carbonyl (C=O) groups is 1. The van der Waals surface area contributed by atoms with E-state index >= 15 is 0 Å². The number of aromatic nitrogens is 2. The molecule has 2 aromatic heterocycles. The molecule has 0 atom stereocenters. The Kier molecular flexibility index (Phi) is 3.45. The number of hydrogen-bond donors (Lipinski definition) is 3. The van der Waals surface area contributed by atoms with Gasteiger partial charge >= 0.3 is 0 Å². The van der Waals surface area contributed by atoms with Gasteiger partial charge in [0, 0.05) is 32.2 Å². The van der Waals surface area contributed by atoms with Crippen LogP contribution in [0.25, 0.3) is 0 Å². The van der Waals surface area contributed by atoms with Crippen LogP contribution in [-0.2, 0) is 23.6 Å². The van der Waals surface area contributed by atoms with Crippen LogP contribution in [0.1, 0.15) is 16.1 Å². The normalized spacial score (nSPS) is 11.6. The molecule has 0 unspecified atom stereocenters. The number of aryl methyl sites for hydroxylation is 1. The third kappa shape index (κ3) is 2.85. The predicted molar refractivity (Wildman–Crippen MR) is 68.7 cm³/mol. The van der Waals surface area contributed by atoms with Gasteiger partial charge in [-0.05, 0) is 17.7 Å². The summed E-state index contributed by atoms with van der Waals surface area (Å²) in [6.45, 7) is 0.173. The molecule has 102 valence electrons. The zero-order chi connectivity index (χ0) is 14.0. The maximum atomic E-state index is 12.0. The van der Waals surface area contributed by atoms with Crippen molar-refractivity contribution in [2.24, 2.45) is 12.8 Å². The standard InChI is InChI=1S/C11H14N4O3S/c1-15-7-9(4-10(15)11(12)16)19(17,18)14-6-8-2-3-13-5-8/h2-5,7,13-14H,6H2,1H3,(H2,12,16). The van der Waals surface area contributed by atoms with E-state index in [0.717, 1.165) is 5.56 Å². The summed E-state index contributed by atoms with van der Waals surface area (Å²) >= 11 is 0. The molecular formula is C11H14N4O3S. The molecule has 0 fully saturated rings. The van der Waals surface area contributed by atoms with Gasteiger partial charge in [-0.25, -0.2) is 13.1 Å². The number of amides is 1. The molecule has 2 aromatic rings.